The lowest BCUT2D eigenvalue weighted by Crippen LogP contribution is -1.99. The van der Waals surface area contributed by atoms with E-state index in [9.17, 15) is 0 Å². The minimum Gasteiger partial charge on any atom is -0.135 e. The van der Waals surface area contributed by atoms with Crippen LogP contribution in [0.25, 0.3) is 130 Å². The number of thiophene rings is 1. The fourth-order valence-corrected chi connectivity index (χ4v) is 13.4. The Morgan fingerprint density at radius 3 is 1.45 bits per heavy atom. The minimum absolute atomic E-state index is 1.25. The second-order valence-electron chi connectivity index (χ2n) is 18.7. The van der Waals surface area contributed by atoms with Crippen molar-refractivity contribution in [3.8, 4) is 66.8 Å². The Morgan fingerprint density at radius 2 is 0.800 bits per heavy atom. The molecule has 308 valence electrons. The van der Waals surface area contributed by atoms with Gasteiger partial charge >= 0.3 is 0 Å². The number of aryl methyl sites for hydroxylation is 6. The highest BCUT2D eigenvalue weighted by Crippen LogP contribution is 2.60. The molecular formula is C64H46S. The first kappa shape index (κ1) is 38.2. The molecule has 12 aromatic rings. The van der Waals surface area contributed by atoms with Gasteiger partial charge in [-0.05, 0) is 192 Å². The van der Waals surface area contributed by atoms with Crippen molar-refractivity contribution in [1.82, 2.24) is 0 Å². The summed E-state index contributed by atoms with van der Waals surface area (Å²) >= 11 is 1.92. The zero-order valence-corrected chi connectivity index (χ0v) is 38.4. The van der Waals surface area contributed by atoms with Crippen molar-refractivity contribution in [1.29, 1.82) is 0 Å². The summed E-state index contributed by atoms with van der Waals surface area (Å²) in [6, 6.07) is 64.9. The smallest absolute Gasteiger partial charge is 0.0434 e. The van der Waals surface area contributed by atoms with E-state index in [0.29, 0.717) is 0 Å². The quantitative estimate of drug-likeness (QED) is 0.155. The Morgan fingerprint density at radius 1 is 0.292 bits per heavy atom. The van der Waals surface area contributed by atoms with Gasteiger partial charge in [-0.1, -0.05) is 157 Å². The molecule has 0 saturated heterocycles. The molecule has 0 atom stereocenters. The van der Waals surface area contributed by atoms with Gasteiger partial charge in [0.15, 0.2) is 0 Å². The van der Waals surface area contributed by atoms with Gasteiger partial charge in [-0.2, -0.15) is 0 Å². The maximum Gasteiger partial charge on any atom is 0.0434 e. The molecule has 0 aliphatic heterocycles. The zero-order chi connectivity index (χ0) is 43.8. The van der Waals surface area contributed by atoms with Crippen LogP contribution in [0, 0.1) is 41.5 Å². The van der Waals surface area contributed by atoms with Crippen LogP contribution in [0.4, 0.5) is 0 Å². The van der Waals surface area contributed by atoms with Crippen LogP contribution in [0.3, 0.4) is 0 Å². The second-order valence-corrected chi connectivity index (χ2v) is 19.7. The summed E-state index contributed by atoms with van der Waals surface area (Å²) in [5, 5.41) is 13.0. The maximum atomic E-state index is 2.50. The topological polar surface area (TPSA) is 0 Å². The lowest BCUT2D eigenvalue weighted by atomic mass is 9.79. The first-order chi connectivity index (χ1) is 31.7. The Kier molecular flexibility index (Phi) is 8.27. The molecule has 0 bridgehead atoms. The second kappa shape index (κ2) is 14.1. The summed E-state index contributed by atoms with van der Waals surface area (Å²) in [6.07, 6.45) is 0. The summed E-state index contributed by atoms with van der Waals surface area (Å²) in [6.45, 7) is 13.7. The van der Waals surface area contributed by atoms with E-state index < -0.39 is 0 Å². The molecule has 1 heteroatoms. The molecule has 1 aromatic heterocycles. The van der Waals surface area contributed by atoms with Crippen molar-refractivity contribution in [3.63, 3.8) is 0 Å². The summed E-state index contributed by atoms with van der Waals surface area (Å²) < 4.78 is 2.65. The monoisotopic (exact) mass is 846 g/mol. The van der Waals surface area contributed by atoms with Crippen LogP contribution in [-0.4, -0.2) is 0 Å². The number of rotatable bonds is 4. The van der Waals surface area contributed by atoms with Crippen molar-refractivity contribution in [2.45, 2.75) is 41.5 Å². The van der Waals surface area contributed by atoms with E-state index in [1.165, 1.54) is 163 Å². The molecule has 0 unspecified atom stereocenters. The fraction of sp³-hybridized carbons (Fsp3) is 0.0938. The first-order valence-electron chi connectivity index (χ1n) is 22.9. The van der Waals surface area contributed by atoms with E-state index >= 15 is 0 Å². The highest BCUT2D eigenvalue weighted by Gasteiger charge is 2.33. The molecule has 13 rings (SSSR count). The molecule has 1 heterocycles. The Labute approximate surface area is 384 Å². The van der Waals surface area contributed by atoms with Crippen LogP contribution >= 0.6 is 11.3 Å². The Bertz CT molecular complexity index is 3900. The fourth-order valence-electron chi connectivity index (χ4n) is 12.2. The molecule has 0 amide bonds. The SMILES string of the molecule is Cc1cc(C)c(-c2c3c(c(-c4c(C)cc(C)cc4C)c4ccccc24)-c2ccc(-c4cc(-c5cc6ccccc6c6ccccc56)cc5c4sc4ccccc45)c4cccc-3c24)c(C)c1. The molecule has 65 heavy (non-hydrogen) atoms. The van der Waals surface area contributed by atoms with Gasteiger partial charge in [-0.3, -0.25) is 0 Å². The predicted molar refractivity (Wildman–Crippen MR) is 284 cm³/mol. The standard InChI is InChI=1S/C64H46S/c1-35-28-37(3)57(38(4)29-35)60-49-21-11-12-22-50(49)61(58-39(5)30-36(2)31-40(58)6)63-52-27-26-46(48-23-15-24-51(59(48)52)62(60)63)54-33-42(34-55-47-20-13-14-25-56(47)65-64(54)55)53-32-41-16-7-8-17-43(41)44-18-9-10-19-45(44)53/h7-34H,1-6H3. The van der Waals surface area contributed by atoms with Gasteiger partial charge in [-0.25, -0.2) is 0 Å². The van der Waals surface area contributed by atoms with Crippen molar-refractivity contribution >= 4 is 74.6 Å². The molecular weight excluding hydrogens is 801 g/mol. The van der Waals surface area contributed by atoms with Crippen LogP contribution in [0.5, 0.6) is 0 Å². The van der Waals surface area contributed by atoms with E-state index in [4.69, 9.17) is 0 Å². The molecule has 0 fully saturated rings. The van der Waals surface area contributed by atoms with Crippen LogP contribution in [-0.2, 0) is 0 Å². The minimum atomic E-state index is 1.25. The number of fused-ring (bicyclic) bond motifs is 10. The lowest BCUT2D eigenvalue weighted by molar-refractivity contribution is 1.32. The predicted octanol–water partition coefficient (Wildman–Crippen LogP) is 18.8. The third-order valence-corrected chi connectivity index (χ3v) is 15.7. The summed E-state index contributed by atoms with van der Waals surface area (Å²) in [4.78, 5) is 0. The van der Waals surface area contributed by atoms with Gasteiger partial charge in [-0.15, -0.1) is 11.3 Å². The summed E-state index contributed by atoms with van der Waals surface area (Å²) in [5.41, 5.74) is 23.7. The third-order valence-electron chi connectivity index (χ3n) is 14.5. The highest BCUT2D eigenvalue weighted by molar-refractivity contribution is 7.26. The molecule has 0 saturated carbocycles. The molecule has 1 aliphatic carbocycles. The van der Waals surface area contributed by atoms with Crippen LogP contribution in [0.1, 0.15) is 33.4 Å². The van der Waals surface area contributed by atoms with Gasteiger partial charge in [0, 0.05) is 25.7 Å². The first-order valence-corrected chi connectivity index (χ1v) is 23.7. The number of benzene rings is 11. The van der Waals surface area contributed by atoms with Crippen LogP contribution in [0.15, 0.2) is 170 Å². The summed E-state index contributed by atoms with van der Waals surface area (Å²) in [5.74, 6) is 0. The molecule has 0 nitrogen and oxygen atoms in total. The lowest BCUT2D eigenvalue weighted by Gasteiger charge is -2.24. The van der Waals surface area contributed by atoms with Crippen molar-refractivity contribution in [3.05, 3.63) is 203 Å². The van der Waals surface area contributed by atoms with E-state index in [2.05, 4.69) is 211 Å². The van der Waals surface area contributed by atoms with Crippen molar-refractivity contribution < 1.29 is 0 Å². The normalized spacial score (nSPS) is 12.2. The molecule has 1 aliphatic rings. The molecule has 0 spiro atoms. The molecule has 0 radical (unpaired) electrons. The van der Waals surface area contributed by atoms with E-state index in [-0.39, 0.29) is 0 Å². The number of hydrogen-bond acceptors (Lipinski definition) is 1. The average Bonchev–Trinajstić information content (AvgIpc) is 3.85. The van der Waals surface area contributed by atoms with Gasteiger partial charge in [0.2, 0.25) is 0 Å². The van der Waals surface area contributed by atoms with Crippen LogP contribution < -0.4 is 0 Å². The third kappa shape index (κ3) is 5.49. The van der Waals surface area contributed by atoms with Crippen molar-refractivity contribution in [2.75, 3.05) is 0 Å². The van der Waals surface area contributed by atoms with Crippen LogP contribution in [0.2, 0.25) is 0 Å². The Hall–Kier alpha value is -7.32. The van der Waals surface area contributed by atoms with E-state index in [1.54, 1.807) is 0 Å². The highest BCUT2D eigenvalue weighted by atomic mass is 32.1. The Balaban J connectivity index is 1.17. The van der Waals surface area contributed by atoms with E-state index in [0.717, 1.165) is 0 Å². The molecule has 11 aromatic carbocycles. The average molecular weight is 847 g/mol. The van der Waals surface area contributed by atoms with Gasteiger partial charge in [0.1, 0.15) is 0 Å². The summed E-state index contributed by atoms with van der Waals surface area (Å²) in [7, 11) is 0. The zero-order valence-electron chi connectivity index (χ0n) is 37.6. The maximum absolute atomic E-state index is 2.50. The van der Waals surface area contributed by atoms with Crippen molar-refractivity contribution in [2.24, 2.45) is 0 Å². The van der Waals surface area contributed by atoms with Gasteiger partial charge in [0.05, 0.1) is 0 Å². The largest absolute Gasteiger partial charge is 0.135 e. The van der Waals surface area contributed by atoms with Gasteiger partial charge < -0.3 is 0 Å². The molecule has 0 N–H and O–H groups in total. The van der Waals surface area contributed by atoms with Gasteiger partial charge in [0.25, 0.3) is 0 Å². The number of hydrogen-bond donors (Lipinski definition) is 0. The van der Waals surface area contributed by atoms with E-state index in [1.807, 2.05) is 11.3 Å².